The summed E-state index contributed by atoms with van der Waals surface area (Å²) in [5.41, 5.74) is 8.82. The van der Waals surface area contributed by atoms with Crippen LogP contribution in [0.4, 0.5) is 0 Å². The number of aromatic amines is 1. The Labute approximate surface area is 178 Å². The van der Waals surface area contributed by atoms with E-state index in [0.29, 0.717) is 22.9 Å². The predicted molar refractivity (Wildman–Crippen MR) is 119 cm³/mol. The second-order valence-electron chi connectivity index (χ2n) is 7.70. The first-order valence-corrected chi connectivity index (χ1v) is 11.0. The normalized spacial score (nSPS) is 13.9. The smallest absolute Gasteiger partial charge is 0.235 e. The average Bonchev–Trinajstić information content (AvgIpc) is 3.03. The highest BCUT2D eigenvalue weighted by Gasteiger charge is 2.30. The van der Waals surface area contributed by atoms with Gasteiger partial charge >= 0.3 is 0 Å². The Hall–Kier alpha value is -2.15. The van der Waals surface area contributed by atoms with Crippen LogP contribution < -0.4 is 5.73 Å². The number of hydrogen-bond donors (Lipinski definition) is 2. The van der Waals surface area contributed by atoms with E-state index in [4.69, 9.17) is 17.3 Å². The van der Waals surface area contributed by atoms with Gasteiger partial charge < -0.3 is 10.7 Å². The Bertz CT molecular complexity index is 1030. The first-order valence-electron chi connectivity index (χ1n) is 9.56. The molecule has 2 aromatic carbocycles. The van der Waals surface area contributed by atoms with Crippen LogP contribution in [0.5, 0.6) is 0 Å². The van der Waals surface area contributed by atoms with E-state index in [1.807, 2.05) is 32.9 Å². The van der Waals surface area contributed by atoms with Crippen LogP contribution >= 0.6 is 11.6 Å². The van der Waals surface area contributed by atoms with Crippen molar-refractivity contribution in [3.05, 3.63) is 64.8 Å². The zero-order valence-electron chi connectivity index (χ0n) is 16.8. The van der Waals surface area contributed by atoms with Crippen LogP contribution in [0.15, 0.2) is 53.4 Å². The van der Waals surface area contributed by atoms with E-state index in [-0.39, 0.29) is 5.92 Å². The van der Waals surface area contributed by atoms with Gasteiger partial charge in [-0.3, -0.25) is 4.79 Å². The predicted octanol–water partition coefficient (Wildman–Crippen LogP) is 4.55. The van der Waals surface area contributed by atoms with Gasteiger partial charge in [-0.1, -0.05) is 31.5 Å². The Morgan fingerprint density at radius 2 is 1.86 bits per heavy atom. The number of nitrogens with two attached hydrogens (primary N) is 1. The third kappa shape index (κ3) is 5.26. The fourth-order valence-electron chi connectivity index (χ4n) is 3.40. The lowest BCUT2D eigenvalue weighted by Crippen LogP contribution is -2.46. The highest BCUT2D eigenvalue weighted by atomic mass is 35.5. The van der Waals surface area contributed by atoms with Gasteiger partial charge in [0.25, 0.3) is 0 Å². The Balaban J connectivity index is 1.98. The van der Waals surface area contributed by atoms with Gasteiger partial charge in [0.1, 0.15) is 17.0 Å². The number of halogens is 1. The monoisotopic (exact) mass is 431 g/mol. The number of H-pyrrole nitrogens is 1. The number of benzene rings is 2. The third-order valence-electron chi connectivity index (χ3n) is 4.76. The minimum absolute atomic E-state index is 0.229. The number of amides is 1. The number of nitrogens with zero attached hydrogens (tertiary/aromatic N) is 1. The van der Waals surface area contributed by atoms with Crippen LogP contribution in [-0.2, 0) is 22.3 Å². The number of rotatable bonds is 8. The summed E-state index contributed by atoms with van der Waals surface area (Å²) in [4.78, 5) is 16.2. The summed E-state index contributed by atoms with van der Waals surface area (Å²) >= 11 is 5.98. The minimum atomic E-state index is -1.56. The molecule has 0 aliphatic carbocycles. The van der Waals surface area contributed by atoms with Crippen molar-refractivity contribution >= 4 is 39.4 Å². The molecule has 5 nitrogen and oxygen atoms in total. The molecule has 0 aliphatic rings. The highest BCUT2D eigenvalue weighted by molar-refractivity contribution is 7.82. The molecule has 1 amide bonds. The van der Waals surface area contributed by atoms with Gasteiger partial charge in [0.05, 0.1) is 4.90 Å². The average molecular weight is 432 g/mol. The molecule has 7 heteroatoms. The number of nitrogens with one attached hydrogen (secondary N) is 1. The molecule has 29 heavy (non-hydrogen) atoms. The minimum Gasteiger partial charge on any atom is -0.368 e. The van der Waals surface area contributed by atoms with Gasteiger partial charge in [-0.15, -0.1) is 0 Å². The van der Waals surface area contributed by atoms with Gasteiger partial charge in [0, 0.05) is 22.8 Å². The van der Waals surface area contributed by atoms with Crippen molar-refractivity contribution in [3.63, 3.8) is 0 Å². The standard InChI is InChI=1S/C22H26ClN3O2S/c1-14(2)10-21(22(24)27)26(29(28)19-7-5-18(23)6-8-19)13-16-4-9-20-17(12-16)11-15(3)25-20/h4-9,11-12,14,21,25H,10,13H2,1-3H3,(H2,24,27)/t21-,29?/m1/s1. The summed E-state index contributed by atoms with van der Waals surface area (Å²) in [6.07, 6.45) is 0.528. The molecule has 0 bridgehead atoms. The molecule has 0 aliphatic heterocycles. The Morgan fingerprint density at radius 3 is 2.48 bits per heavy atom. The lowest BCUT2D eigenvalue weighted by Gasteiger charge is -2.29. The largest absolute Gasteiger partial charge is 0.368 e. The quantitative estimate of drug-likeness (QED) is 0.548. The molecule has 0 saturated carbocycles. The van der Waals surface area contributed by atoms with E-state index >= 15 is 0 Å². The van der Waals surface area contributed by atoms with Crippen LogP contribution in [0.1, 0.15) is 31.5 Å². The third-order valence-corrected chi connectivity index (χ3v) is 6.49. The number of aryl methyl sites for hydroxylation is 1. The number of carbonyl (C=O) groups is 1. The van der Waals surface area contributed by atoms with Crippen LogP contribution in [-0.4, -0.2) is 25.4 Å². The second-order valence-corrected chi connectivity index (χ2v) is 9.58. The molecule has 0 fully saturated rings. The second kappa shape index (κ2) is 9.11. The Kier molecular flexibility index (Phi) is 6.77. The molecule has 154 valence electrons. The maximum Gasteiger partial charge on any atom is 0.235 e. The molecule has 0 radical (unpaired) electrons. The molecule has 3 rings (SSSR count). The molecule has 2 atom stereocenters. The van der Waals surface area contributed by atoms with E-state index in [1.165, 1.54) is 0 Å². The van der Waals surface area contributed by atoms with Crippen molar-refractivity contribution in [1.29, 1.82) is 0 Å². The SMILES string of the molecule is Cc1cc2cc(CN([C@H](CC(C)C)C(N)=O)S(=O)c3ccc(Cl)cc3)ccc2[nH]1. The summed E-state index contributed by atoms with van der Waals surface area (Å²) in [6, 6.07) is 14.3. The van der Waals surface area contributed by atoms with E-state index < -0.39 is 22.9 Å². The number of primary amides is 1. The number of aromatic nitrogens is 1. The summed E-state index contributed by atoms with van der Waals surface area (Å²) < 4.78 is 15.1. The van der Waals surface area contributed by atoms with Gasteiger partial charge in [-0.2, -0.15) is 0 Å². The molecule has 1 aromatic heterocycles. The van der Waals surface area contributed by atoms with Gasteiger partial charge in [0.2, 0.25) is 5.91 Å². The van der Waals surface area contributed by atoms with Crippen LogP contribution in [0, 0.1) is 12.8 Å². The fraction of sp³-hybridized carbons (Fsp3) is 0.318. The van der Waals surface area contributed by atoms with E-state index in [1.54, 1.807) is 28.6 Å². The molecule has 1 heterocycles. The molecular weight excluding hydrogens is 406 g/mol. The zero-order valence-corrected chi connectivity index (χ0v) is 18.4. The maximum absolute atomic E-state index is 13.4. The van der Waals surface area contributed by atoms with Crippen molar-refractivity contribution in [2.75, 3.05) is 0 Å². The fourth-order valence-corrected chi connectivity index (χ4v) is 4.85. The summed E-state index contributed by atoms with van der Waals surface area (Å²) in [5, 5.41) is 1.65. The van der Waals surface area contributed by atoms with Crippen molar-refractivity contribution in [2.24, 2.45) is 11.7 Å². The van der Waals surface area contributed by atoms with Crippen LogP contribution in [0.2, 0.25) is 5.02 Å². The molecule has 0 spiro atoms. The van der Waals surface area contributed by atoms with Gasteiger partial charge in [-0.05, 0) is 72.7 Å². The van der Waals surface area contributed by atoms with E-state index in [2.05, 4.69) is 17.1 Å². The van der Waals surface area contributed by atoms with E-state index in [9.17, 15) is 9.00 Å². The number of carbonyl (C=O) groups excluding carboxylic acids is 1. The maximum atomic E-state index is 13.4. The Morgan fingerprint density at radius 1 is 1.17 bits per heavy atom. The first-order chi connectivity index (χ1) is 13.7. The lowest BCUT2D eigenvalue weighted by molar-refractivity contribution is -0.122. The molecule has 3 N–H and O–H groups in total. The number of fused-ring (bicyclic) bond motifs is 1. The summed E-state index contributed by atoms with van der Waals surface area (Å²) in [5.74, 6) is -0.244. The first kappa shape index (κ1) is 21.6. The molecule has 3 aromatic rings. The van der Waals surface area contributed by atoms with Crippen molar-refractivity contribution in [3.8, 4) is 0 Å². The summed E-state index contributed by atoms with van der Waals surface area (Å²) in [6.45, 7) is 6.39. The van der Waals surface area contributed by atoms with Crippen LogP contribution in [0.3, 0.4) is 0 Å². The van der Waals surface area contributed by atoms with Gasteiger partial charge in [-0.25, -0.2) is 8.51 Å². The number of hydrogen-bond acceptors (Lipinski definition) is 2. The van der Waals surface area contributed by atoms with E-state index in [0.717, 1.165) is 22.2 Å². The van der Waals surface area contributed by atoms with Gasteiger partial charge in [0.15, 0.2) is 0 Å². The lowest BCUT2D eigenvalue weighted by atomic mass is 10.0. The molecule has 1 unspecified atom stereocenters. The van der Waals surface area contributed by atoms with Crippen molar-refractivity contribution in [2.45, 2.75) is 44.7 Å². The topological polar surface area (TPSA) is 79.2 Å². The zero-order chi connectivity index (χ0) is 21.1. The summed E-state index contributed by atoms with van der Waals surface area (Å²) in [7, 11) is -1.56. The molecule has 0 saturated heterocycles. The van der Waals surface area contributed by atoms with Crippen molar-refractivity contribution < 1.29 is 9.00 Å². The highest BCUT2D eigenvalue weighted by Crippen LogP contribution is 2.24. The van der Waals surface area contributed by atoms with Crippen molar-refractivity contribution in [1.82, 2.24) is 9.29 Å². The van der Waals surface area contributed by atoms with Crippen LogP contribution in [0.25, 0.3) is 10.9 Å². The molecular formula is C22H26ClN3O2S.